The van der Waals surface area contributed by atoms with Crippen molar-refractivity contribution in [2.24, 2.45) is 5.41 Å². The number of para-hydroxylation sites is 1. The van der Waals surface area contributed by atoms with E-state index >= 15 is 0 Å². The summed E-state index contributed by atoms with van der Waals surface area (Å²) in [5, 5.41) is 3.95. The average Bonchev–Trinajstić information content (AvgIpc) is 2.37. The largest absolute Gasteiger partial charge is 0.380 e. The molecule has 1 aliphatic heterocycles. The molecule has 0 radical (unpaired) electrons. The molecule has 0 unspecified atom stereocenters. The minimum Gasteiger partial charge on any atom is -0.380 e. The summed E-state index contributed by atoms with van der Waals surface area (Å²) >= 11 is 0. The van der Waals surface area contributed by atoms with Crippen molar-refractivity contribution >= 4 is 10.9 Å². The van der Waals surface area contributed by atoms with Crippen LogP contribution in [0.1, 0.15) is 12.7 Å². The molecule has 2 aromatic rings. The van der Waals surface area contributed by atoms with Gasteiger partial charge in [-0.05, 0) is 12.1 Å². The Morgan fingerprint density at radius 1 is 1.42 bits per heavy atom. The maximum absolute atomic E-state index is 11.9. The van der Waals surface area contributed by atoms with Crippen LogP contribution in [0.15, 0.2) is 29.1 Å². The minimum absolute atomic E-state index is 0.0828. The summed E-state index contributed by atoms with van der Waals surface area (Å²) in [6, 6.07) is 7.37. The third kappa shape index (κ3) is 2.52. The van der Waals surface area contributed by atoms with Crippen LogP contribution in [0.25, 0.3) is 10.9 Å². The highest BCUT2D eigenvalue weighted by molar-refractivity contribution is 5.77. The molecule has 5 heteroatoms. The van der Waals surface area contributed by atoms with Crippen molar-refractivity contribution < 1.29 is 4.74 Å². The lowest BCUT2D eigenvalue weighted by Gasteiger charge is -2.38. The SMILES string of the molecule is CC1(CNCc2nc3ccccc3c(=O)[nH]2)COC1. The predicted molar refractivity (Wildman–Crippen MR) is 73.0 cm³/mol. The van der Waals surface area contributed by atoms with Gasteiger partial charge in [0.25, 0.3) is 5.56 Å². The fourth-order valence-corrected chi connectivity index (χ4v) is 2.25. The third-order valence-corrected chi connectivity index (χ3v) is 3.41. The quantitative estimate of drug-likeness (QED) is 0.861. The Morgan fingerprint density at radius 3 is 2.95 bits per heavy atom. The molecule has 0 atom stereocenters. The number of nitrogens with one attached hydrogen (secondary N) is 2. The van der Waals surface area contributed by atoms with Gasteiger partial charge in [-0.2, -0.15) is 0 Å². The molecule has 1 aliphatic rings. The first-order valence-corrected chi connectivity index (χ1v) is 6.43. The number of fused-ring (bicyclic) bond motifs is 1. The normalized spacial score (nSPS) is 17.3. The second-order valence-corrected chi connectivity index (χ2v) is 5.44. The standard InChI is InChI=1S/C14H17N3O2/c1-14(8-19-9-14)7-15-6-12-16-11-5-3-2-4-10(11)13(18)17-12/h2-5,15H,6-9H2,1H3,(H,16,17,18). The Balaban J connectivity index is 1.72. The van der Waals surface area contributed by atoms with E-state index in [0.717, 1.165) is 25.3 Å². The van der Waals surface area contributed by atoms with Crippen molar-refractivity contribution in [2.45, 2.75) is 13.5 Å². The van der Waals surface area contributed by atoms with Gasteiger partial charge in [-0.15, -0.1) is 0 Å². The number of aromatic amines is 1. The van der Waals surface area contributed by atoms with Crippen molar-refractivity contribution in [2.75, 3.05) is 19.8 Å². The van der Waals surface area contributed by atoms with Gasteiger partial charge in [0, 0.05) is 12.0 Å². The molecule has 19 heavy (non-hydrogen) atoms. The zero-order chi connectivity index (χ0) is 13.3. The summed E-state index contributed by atoms with van der Waals surface area (Å²) in [4.78, 5) is 19.1. The lowest BCUT2D eigenvalue weighted by atomic mass is 9.89. The Bertz CT molecular complexity index is 646. The van der Waals surface area contributed by atoms with E-state index in [9.17, 15) is 4.79 Å². The number of benzene rings is 1. The summed E-state index contributed by atoms with van der Waals surface area (Å²) < 4.78 is 5.20. The molecule has 1 saturated heterocycles. The number of ether oxygens (including phenoxy) is 1. The van der Waals surface area contributed by atoms with E-state index in [1.807, 2.05) is 18.2 Å². The van der Waals surface area contributed by atoms with E-state index in [2.05, 4.69) is 22.2 Å². The van der Waals surface area contributed by atoms with Crippen molar-refractivity contribution in [1.82, 2.24) is 15.3 Å². The zero-order valence-electron chi connectivity index (χ0n) is 10.9. The summed E-state index contributed by atoms with van der Waals surface area (Å²) in [5.74, 6) is 0.674. The molecule has 5 nitrogen and oxygen atoms in total. The summed E-state index contributed by atoms with van der Waals surface area (Å²) in [6.07, 6.45) is 0. The van der Waals surface area contributed by atoms with Crippen LogP contribution in [0.2, 0.25) is 0 Å². The molecule has 100 valence electrons. The average molecular weight is 259 g/mol. The van der Waals surface area contributed by atoms with Crippen LogP contribution in [0.5, 0.6) is 0 Å². The second-order valence-electron chi connectivity index (χ2n) is 5.44. The molecule has 1 aromatic carbocycles. The van der Waals surface area contributed by atoms with Crippen LogP contribution < -0.4 is 10.9 Å². The van der Waals surface area contributed by atoms with Gasteiger partial charge >= 0.3 is 0 Å². The van der Waals surface area contributed by atoms with Crippen molar-refractivity contribution in [1.29, 1.82) is 0 Å². The van der Waals surface area contributed by atoms with E-state index in [1.165, 1.54) is 0 Å². The van der Waals surface area contributed by atoms with Crippen LogP contribution in [0.4, 0.5) is 0 Å². The van der Waals surface area contributed by atoms with Gasteiger partial charge in [-0.3, -0.25) is 4.79 Å². The van der Waals surface area contributed by atoms with Crippen molar-refractivity contribution in [3.8, 4) is 0 Å². The fourth-order valence-electron chi connectivity index (χ4n) is 2.25. The maximum atomic E-state index is 11.9. The number of hydrogen-bond acceptors (Lipinski definition) is 4. The van der Waals surface area contributed by atoms with Gasteiger partial charge in [0.1, 0.15) is 5.82 Å². The number of rotatable bonds is 4. The number of hydrogen-bond donors (Lipinski definition) is 2. The van der Waals surface area contributed by atoms with E-state index in [1.54, 1.807) is 6.07 Å². The Labute approximate surface area is 111 Å². The van der Waals surface area contributed by atoms with Gasteiger partial charge in [0.05, 0.1) is 30.7 Å². The first kappa shape index (κ1) is 12.3. The lowest BCUT2D eigenvalue weighted by molar-refractivity contribution is -0.0992. The zero-order valence-corrected chi connectivity index (χ0v) is 10.9. The van der Waals surface area contributed by atoms with Gasteiger partial charge in [-0.25, -0.2) is 4.98 Å². The van der Waals surface area contributed by atoms with Crippen LogP contribution in [-0.4, -0.2) is 29.7 Å². The monoisotopic (exact) mass is 259 g/mol. The number of aromatic nitrogens is 2. The van der Waals surface area contributed by atoms with E-state index in [0.29, 0.717) is 17.8 Å². The molecule has 2 heterocycles. The first-order valence-electron chi connectivity index (χ1n) is 6.43. The van der Waals surface area contributed by atoms with E-state index in [4.69, 9.17) is 4.74 Å². The van der Waals surface area contributed by atoms with Gasteiger partial charge in [0.15, 0.2) is 0 Å². The van der Waals surface area contributed by atoms with Crippen molar-refractivity contribution in [3.63, 3.8) is 0 Å². The number of nitrogens with zero attached hydrogens (tertiary/aromatic N) is 1. The molecular formula is C14H17N3O2. The smallest absolute Gasteiger partial charge is 0.258 e. The molecule has 2 N–H and O–H groups in total. The molecule has 0 bridgehead atoms. The topological polar surface area (TPSA) is 67.0 Å². The molecule has 0 saturated carbocycles. The highest BCUT2D eigenvalue weighted by atomic mass is 16.5. The molecule has 0 aliphatic carbocycles. The summed E-state index contributed by atoms with van der Waals surface area (Å²) in [5.41, 5.74) is 0.874. The van der Waals surface area contributed by atoms with Crippen molar-refractivity contribution in [3.05, 3.63) is 40.4 Å². The fraction of sp³-hybridized carbons (Fsp3) is 0.429. The molecule has 0 amide bonds. The van der Waals surface area contributed by atoms with Crippen LogP contribution >= 0.6 is 0 Å². The van der Waals surface area contributed by atoms with E-state index in [-0.39, 0.29) is 11.0 Å². The Kier molecular flexibility index (Phi) is 3.08. The summed E-state index contributed by atoms with van der Waals surface area (Å²) in [7, 11) is 0. The second kappa shape index (κ2) is 4.75. The molecule has 1 fully saturated rings. The molecular weight excluding hydrogens is 242 g/mol. The Hall–Kier alpha value is -1.72. The molecule has 0 spiro atoms. The van der Waals surface area contributed by atoms with Crippen LogP contribution in [-0.2, 0) is 11.3 Å². The van der Waals surface area contributed by atoms with Gasteiger partial charge in [-0.1, -0.05) is 19.1 Å². The highest BCUT2D eigenvalue weighted by Gasteiger charge is 2.32. The van der Waals surface area contributed by atoms with Crippen LogP contribution in [0, 0.1) is 5.41 Å². The molecule has 1 aromatic heterocycles. The summed E-state index contributed by atoms with van der Waals surface area (Å²) in [6.45, 7) is 5.20. The van der Waals surface area contributed by atoms with Gasteiger partial charge < -0.3 is 15.0 Å². The predicted octanol–water partition coefficient (Wildman–Crippen LogP) is 1.05. The van der Waals surface area contributed by atoms with E-state index < -0.39 is 0 Å². The highest BCUT2D eigenvalue weighted by Crippen LogP contribution is 2.25. The van der Waals surface area contributed by atoms with Crippen LogP contribution in [0.3, 0.4) is 0 Å². The number of H-pyrrole nitrogens is 1. The lowest BCUT2D eigenvalue weighted by Crippen LogP contribution is -2.47. The third-order valence-electron chi connectivity index (χ3n) is 3.41. The first-order chi connectivity index (χ1) is 9.16. The Morgan fingerprint density at radius 2 is 2.21 bits per heavy atom. The molecule has 3 rings (SSSR count). The maximum Gasteiger partial charge on any atom is 0.258 e. The minimum atomic E-state index is -0.0828. The van der Waals surface area contributed by atoms with Gasteiger partial charge in [0.2, 0.25) is 0 Å².